The van der Waals surface area contributed by atoms with E-state index in [1.807, 2.05) is 13.0 Å². The molecule has 2 N–H and O–H groups in total. The lowest BCUT2D eigenvalue weighted by atomic mass is 10.1. The van der Waals surface area contributed by atoms with Gasteiger partial charge in [-0.2, -0.15) is 0 Å². The van der Waals surface area contributed by atoms with Crippen LogP contribution in [0.2, 0.25) is 0 Å². The van der Waals surface area contributed by atoms with Crippen molar-refractivity contribution in [3.8, 4) is 0 Å². The monoisotopic (exact) mass is 266 g/mol. The fourth-order valence-electron chi connectivity index (χ4n) is 2.61. The van der Waals surface area contributed by atoms with Crippen LogP contribution in [0.1, 0.15) is 53.6 Å². The fraction of sp³-hybridized carbons (Fsp3) is 0.643. The normalized spacial score (nSPS) is 20.8. The first-order valence-corrected chi connectivity index (χ1v) is 7.62. The quantitative estimate of drug-likeness (QED) is 0.891. The third-order valence-corrected chi connectivity index (χ3v) is 4.83. The molecule has 1 saturated heterocycles. The molecule has 0 aromatic carbocycles. The summed E-state index contributed by atoms with van der Waals surface area (Å²) in [7, 11) is 0. The number of nitrogen functional groups attached to an aromatic ring is 1. The molecule has 2 rings (SSSR count). The second-order valence-corrected chi connectivity index (χ2v) is 6.29. The van der Waals surface area contributed by atoms with Gasteiger partial charge in [0.2, 0.25) is 0 Å². The molecular formula is C14H22N2OS. The largest absolute Gasteiger partial charge is 0.398 e. The maximum Gasteiger partial charge on any atom is 0.264 e. The highest BCUT2D eigenvalue weighted by Crippen LogP contribution is 2.27. The molecule has 100 valence electrons. The van der Waals surface area contributed by atoms with Gasteiger partial charge in [-0.05, 0) is 32.3 Å². The topological polar surface area (TPSA) is 46.3 Å². The lowest BCUT2D eigenvalue weighted by molar-refractivity contribution is 0.0683. The van der Waals surface area contributed by atoms with Gasteiger partial charge in [-0.15, -0.1) is 11.3 Å². The molecule has 0 bridgehead atoms. The van der Waals surface area contributed by atoms with Crippen LogP contribution in [-0.2, 0) is 0 Å². The SMILES string of the molecule is CCC1CCCCCN1C(=O)c1cc(N)c(C)s1. The van der Waals surface area contributed by atoms with E-state index in [2.05, 4.69) is 11.8 Å². The summed E-state index contributed by atoms with van der Waals surface area (Å²) in [6.07, 6.45) is 5.80. The summed E-state index contributed by atoms with van der Waals surface area (Å²) in [6.45, 7) is 5.04. The van der Waals surface area contributed by atoms with E-state index in [1.165, 1.54) is 24.2 Å². The predicted molar refractivity (Wildman–Crippen MR) is 77.1 cm³/mol. The molecule has 1 atom stereocenters. The Morgan fingerprint density at radius 1 is 1.50 bits per heavy atom. The molecule has 0 radical (unpaired) electrons. The van der Waals surface area contributed by atoms with E-state index in [0.29, 0.717) is 6.04 Å². The molecule has 1 amide bonds. The van der Waals surface area contributed by atoms with Gasteiger partial charge in [0.05, 0.1) is 4.88 Å². The summed E-state index contributed by atoms with van der Waals surface area (Å²) in [5.74, 6) is 0.175. The Hall–Kier alpha value is -1.03. The number of hydrogen-bond donors (Lipinski definition) is 1. The molecule has 0 saturated carbocycles. The molecule has 1 aliphatic rings. The van der Waals surface area contributed by atoms with Crippen molar-refractivity contribution in [3.63, 3.8) is 0 Å². The Labute approximate surface area is 113 Å². The Morgan fingerprint density at radius 2 is 2.28 bits per heavy atom. The number of likely N-dealkylation sites (tertiary alicyclic amines) is 1. The standard InChI is InChI=1S/C14H22N2OS/c1-3-11-7-5-4-6-8-16(11)14(17)13-9-12(15)10(2)18-13/h9,11H,3-8,15H2,1-2H3. The predicted octanol–water partition coefficient (Wildman–Crippen LogP) is 3.43. The number of nitrogens with two attached hydrogens (primary N) is 1. The van der Waals surface area contributed by atoms with E-state index in [9.17, 15) is 4.79 Å². The number of nitrogens with zero attached hydrogens (tertiary/aromatic N) is 1. The molecule has 2 heterocycles. The van der Waals surface area contributed by atoms with Crippen LogP contribution >= 0.6 is 11.3 Å². The van der Waals surface area contributed by atoms with Crippen LogP contribution in [0.4, 0.5) is 5.69 Å². The summed E-state index contributed by atoms with van der Waals surface area (Å²) >= 11 is 1.52. The highest BCUT2D eigenvalue weighted by molar-refractivity contribution is 7.14. The summed E-state index contributed by atoms with van der Waals surface area (Å²) in [5.41, 5.74) is 6.59. The van der Waals surface area contributed by atoms with E-state index in [4.69, 9.17) is 5.73 Å². The highest BCUT2D eigenvalue weighted by atomic mass is 32.1. The van der Waals surface area contributed by atoms with Gasteiger partial charge in [0, 0.05) is 23.2 Å². The first-order valence-electron chi connectivity index (χ1n) is 6.80. The Kier molecular flexibility index (Phi) is 4.27. The summed E-state index contributed by atoms with van der Waals surface area (Å²) in [6, 6.07) is 2.24. The zero-order valence-electron chi connectivity index (χ0n) is 11.2. The Morgan fingerprint density at radius 3 is 2.89 bits per heavy atom. The number of amides is 1. The van der Waals surface area contributed by atoms with Gasteiger partial charge in [-0.3, -0.25) is 4.79 Å². The van der Waals surface area contributed by atoms with Crippen LogP contribution in [0.15, 0.2) is 6.07 Å². The van der Waals surface area contributed by atoms with Crippen molar-refractivity contribution in [1.29, 1.82) is 0 Å². The maximum atomic E-state index is 12.6. The van der Waals surface area contributed by atoms with Crippen molar-refractivity contribution in [2.45, 2.75) is 52.0 Å². The van der Waals surface area contributed by atoms with Gasteiger partial charge in [0.25, 0.3) is 5.91 Å². The van der Waals surface area contributed by atoms with Crippen LogP contribution in [0.3, 0.4) is 0 Å². The van der Waals surface area contributed by atoms with Gasteiger partial charge in [-0.25, -0.2) is 0 Å². The zero-order valence-corrected chi connectivity index (χ0v) is 12.1. The number of aryl methyl sites for hydroxylation is 1. The second-order valence-electron chi connectivity index (χ2n) is 5.03. The van der Waals surface area contributed by atoms with Gasteiger partial charge < -0.3 is 10.6 Å². The fourth-order valence-corrected chi connectivity index (χ4v) is 3.51. The first-order chi connectivity index (χ1) is 8.63. The molecule has 1 aromatic rings. The van der Waals surface area contributed by atoms with E-state index in [-0.39, 0.29) is 5.91 Å². The number of carbonyl (C=O) groups excluding carboxylic acids is 1. The molecular weight excluding hydrogens is 244 g/mol. The van der Waals surface area contributed by atoms with Crippen molar-refractivity contribution in [2.75, 3.05) is 12.3 Å². The minimum atomic E-state index is 0.175. The number of anilines is 1. The van der Waals surface area contributed by atoms with Crippen molar-refractivity contribution < 1.29 is 4.79 Å². The highest BCUT2D eigenvalue weighted by Gasteiger charge is 2.26. The van der Waals surface area contributed by atoms with Crippen LogP contribution in [0, 0.1) is 6.92 Å². The number of carbonyl (C=O) groups is 1. The van der Waals surface area contributed by atoms with Gasteiger partial charge in [0.15, 0.2) is 0 Å². The molecule has 4 heteroatoms. The summed E-state index contributed by atoms with van der Waals surface area (Å²) in [4.78, 5) is 16.5. The van der Waals surface area contributed by atoms with Gasteiger partial charge >= 0.3 is 0 Å². The average Bonchev–Trinajstić information content (AvgIpc) is 2.58. The van der Waals surface area contributed by atoms with Crippen LogP contribution in [0.5, 0.6) is 0 Å². The van der Waals surface area contributed by atoms with E-state index in [1.54, 1.807) is 0 Å². The van der Waals surface area contributed by atoms with Crippen LogP contribution in [0.25, 0.3) is 0 Å². The minimum Gasteiger partial charge on any atom is -0.398 e. The lowest BCUT2D eigenvalue weighted by Crippen LogP contribution is -2.39. The van der Waals surface area contributed by atoms with E-state index in [0.717, 1.165) is 41.2 Å². The van der Waals surface area contributed by atoms with Gasteiger partial charge in [-0.1, -0.05) is 19.8 Å². The lowest BCUT2D eigenvalue weighted by Gasteiger charge is -2.28. The number of hydrogen-bond acceptors (Lipinski definition) is 3. The van der Waals surface area contributed by atoms with E-state index < -0.39 is 0 Å². The van der Waals surface area contributed by atoms with Crippen LogP contribution < -0.4 is 5.73 Å². The second kappa shape index (κ2) is 5.74. The van der Waals surface area contributed by atoms with Crippen molar-refractivity contribution in [3.05, 3.63) is 15.8 Å². The Bertz CT molecular complexity index is 408. The molecule has 0 aliphatic carbocycles. The van der Waals surface area contributed by atoms with Crippen molar-refractivity contribution >= 4 is 22.9 Å². The molecule has 0 spiro atoms. The molecule has 1 aliphatic heterocycles. The smallest absolute Gasteiger partial charge is 0.264 e. The first kappa shape index (κ1) is 13.4. The van der Waals surface area contributed by atoms with Gasteiger partial charge in [0.1, 0.15) is 0 Å². The third kappa shape index (κ3) is 2.69. The summed E-state index contributed by atoms with van der Waals surface area (Å²) in [5, 5.41) is 0. The maximum absolute atomic E-state index is 12.6. The average molecular weight is 266 g/mol. The molecule has 18 heavy (non-hydrogen) atoms. The summed E-state index contributed by atoms with van der Waals surface area (Å²) < 4.78 is 0. The number of rotatable bonds is 2. The van der Waals surface area contributed by atoms with Crippen LogP contribution in [-0.4, -0.2) is 23.4 Å². The molecule has 3 nitrogen and oxygen atoms in total. The van der Waals surface area contributed by atoms with Crippen molar-refractivity contribution in [1.82, 2.24) is 4.90 Å². The van der Waals surface area contributed by atoms with E-state index >= 15 is 0 Å². The molecule has 1 aromatic heterocycles. The van der Waals surface area contributed by atoms with Crippen molar-refractivity contribution in [2.24, 2.45) is 0 Å². The number of thiophene rings is 1. The Balaban J connectivity index is 2.19. The minimum absolute atomic E-state index is 0.175. The molecule has 1 unspecified atom stereocenters. The molecule has 1 fully saturated rings. The zero-order chi connectivity index (χ0) is 13.1. The third-order valence-electron chi connectivity index (χ3n) is 3.78.